The molecule has 0 unspecified atom stereocenters. The molecule has 42 heavy (non-hydrogen) atoms. The number of hydrogen-bond donors (Lipinski definition) is 0. The fourth-order valence-corrected chi connectivity index (χ4v) is 4.61. The number of rotatable bonds is 9. The minimum Gasteiger partial charge on any atom is -0.490 e. The van der Waals surface area contributed by atoms with Gasteiger partial charge < -0.3 is 18.6 Å². The summed E-state index contributed by atoms with van der Waals surface area (Å²) in [6.45, 7) is 3.25. The number of carbonyl (C=O) groups excluding carboxylic acids is 1. The molecule has 13 heteroatoms. The quantitative estimate of drug-likeness (QED) is 0.0861. The number of hydrogen-bond acceptors (Lipinski definition) is 10. The molecule has 0 radical (unpaired) electrons. The third-order valence-electron chi connectivity index (χ3n) is 6.16. The first-order valence-corrected chi connectivity index (χ1v) is 13.4. The number of carbonyl (C=O) groups is 1. The lowest BCUT2D eigenvalue weighted by atomic mass is 10.1. The standard InChI is InChI=1S/C29H23BrN4O8/c1-4-40-24-12-17(11-22(34(37)38)26(24)41-16(2)29(36)39-3)15-31-33-27(32-21-8-6-5-7-20(21)28(33)35)25-14-18-13-19(30)9-10-23(18)42-25/h5-16H,4H2,1-3H3/t16-/m0/s1. The Labute approximate surface area is 246 Å². The summed E-state index contributed by atoms with van der Waals surface area (Å²) in [5, 5.41) is 17.5. The van der Waals surface area contributed by atoms with Crippen LogP contribution in [-0.2, 0) is 9.53 Å². The first-order valence-electron chi connectivity index (χ1n) is 12.7. The van der Waals surface area contributed by atoms with Crippen molar-refractivity contribution in [2.24, 2.45) is 5.10 Å². The number of fused-ring (bicyclic) bond motifs is 2. The highest BCUT2D eigenvalue weighted by molar-refractivity contribution is 9.10. The molecule has 0 aliphatic carbocycles. The number of methoxy groups -OCH3 is 1. The van der Waals surface area contributed by atoms with Crippen molar-refractivity contribution in [3.63, 3.8) is 0 Å². The lowest BCUT2D eigenvalue weighted by molar-refractivity contribution is -0.386. The van der Waals surface area contributed by atoms with Gasteiger partial charge in [0, 0.05) is 21.5 Å². The number of nitro groups is 1. The molecule has 2 aromatic heterocycles. The van der Waals surface area contributed by atoms with Gasteiger partial charge in [-0.05, 0) is 56.3 Å². The van der Waals surface area contributed by atoms with E-state index >= 15 is 0 Å². The Morgan fingerprint density at radius 3 is 2.74 bits per heavy atom. The van der Waals surface area contributed by atoms with Crippen molar-refractivity contribution in [1.82, 2.24) is 9.66 Å². The van der Waals surface area contributed by atoms with Crippen LogP contribution in [0.15, 0.2) is 79.4 Å². The number of nitro benzene ring substituents is 1. The van der Waals surface area contributed by atoms with Gasteiger partial charge in [0.05, 0.1) is 35.8 Å². The molecule has 3 aromatic carbocycles. The van der Waals surface area contributed by atoms with Gasteiger partial charge >= 0.3 is 11.7 Å². The minimum absolute atomic E-state index is 0.0102. The normalized spacial score (nSPS) is 12.1. The molecule has 0 saturated heterocycles. The van der Waals surface area contributed by atoms with E-state index < -0.39 is 28.2 Å². The highest BCUT2D eigenvalue weighted by Crippen LogP contribution is 2.39. The van der Waals surface area contributed by atoms with Crippen molar-refractivity contribution in [2.45, 2.75) is 20.0 Å². The van der Waals surface area contributed by atoms with Gasteiger partial charge in [-0.2, -0.15) is 9.78 Å². The second-order valence-corrected chi connectivity index (χ2v) is 9.86. The summed E-state index contributed by atoms with van der Waals surface area (Å²) in [4.78, 5) is 41.5. The highest BCUT2D eigenvalue weighted by atomic mass is 79.9. The van der Waals surface area contributed by atoms with Crippen molar-refractivity contribution >= 4 is 55.7 Å². The molecule has 1 atom stereocenters. The maximum Gasteiger partial charge on any atom is 0.346 e. The number of aromatic nitrogens is 2. The number of para-hydroxylation sites is 1. The molecule has 0 amide bonds. The van der Waals surface area contributed by atoms with Crippen LogP contribution in [0.2, 0.25) is 0 Å². The zero-order chi connectivity index (χ0) is 30.0. The molecule has 0 aliphatic heterocycles. The van der Waals surface area contributed by atoms with Gasteiger partial charge in [-0.15, -0.1) is 0 Å². The van der Waals surface area contributed by atoms with E-state index in [4.69, 9.17) is 13.9 Å². The van der Waals surface area contributed by atoms with E-state index in [9.17, 15) is 19.7 Å². The van der Waals surface area contributed by atoms with Gasteiger partial charge in [-0.25, -0.2) is 9.78 Å². The average Bonchev–Trinajstić information content (AvgIpc) is 3.40. The summed E-state index contributed by atoms with van der Waals surface area (Å²) in [6, 6.07) is 16.7. The monoisotopic (exact) mass is 634 g/mol. The van der Waals surface area contributed by atoms with Crippen molar-refractivity contribution in [2.75, 3.05) is 13.7 Å². The largest absolute Gasteiger partial charge is 0.490 e. The van der Waals surface area contributed by atoms with Gasteiger partial charge in [-0.3, -0.25) is 14.9 Å². The minimum atomic E-state index is -1.14. The van der Waals surface area contributed by atoms with Gasteiger partial charge in [0.1, 0.15) is 5.58 Å². The molecule has 2 heterocycles. The van der Waals surface area contributed by atoms with Crippen LogP contribution in [0, 0.1) is 10.1 Å². The molecule has 0 saturated carbocycles. The SMILES string of the molecule is CCOc1cc(C=Nn2c(-c3cc4cc(Br)ccc4o3)nc3ccccc3c2=O)cc([N+](=O)[O-])c1O[C@@H](C)C(=O)OC. The van der Waals surface area contributed by atoms with Gasteiger partial charge in [-0.1, -0.05) is 28.1 Å². The summed E-state index contributed by atoms with van der Waals surface area (Å²) in [7, 11) is 1.18. The van der Waals surface area contributed by atoms with E-state index in [-0.39, 0.29) is 29.5 Å². The van der Waals surface area contributed by atoms with Crippen LogP contribution in [0.25, 0.3) is 33.5 Å². The number of furan rings is 1. The van der Waals surface area contributed by atoms with Crippen LogP contribution in [0.3, 0.4) is 0 Å². The van der Waals surface area contributed by atoms with Crippen LogP contribution in [0.4, 0.5) is 5.69 Å². The van der Waals surface area contributed by atoms with Gasteiger partial charge in [0.25, 0.3) is 5.56 Å². The van der Waals surface area contributed by atoms with E-state index in [0.29, 0.717) is 22.2 Å². The lowest BCUT2D eigenvalue weighted by Gasteiger charge is -2.16. The third kappa shape index (κ3) is 5.59. The molecule has 0 aliphatic rings. The zero-order valence-corrected chi connectivity index (χ0v) is 24.2. The Morgan fingerprint density at radius 2 is 2.00 bits per heavy atom. The second kappa shape index (κ2) is 11.8. The second-order valence-electron chi connectivity index (χ2n) is 8.95. The van der Waals surface area contributed by atoms with E-state index in [1.807, 2.05) is 12.1 Å². The van der Waals surface area contributed by atoms with Crippen molar-refractivity contribution in [1.29, 1.82) is 0 Å². The third-order valence-corrected chi connectivity index (χ3v) is 6.65. The molecule has 12 nitrogen and oxygen atoms in total. The Bertz CT molecular complexity index is 1930. The van der Waals surface area contributed by atoms with Crippen LogP contribution in [0.5, 0.6) is 11.5 Å². The number of halogens is 1. The number of esters is 1. The molecule has 5 aromatic rings. The summed E-state index contributed by atoms with van der Waals surface area (Å²) in [5.74, 6) is -0.518. The molecule has 0 bridgehead atoms. The maximum atomic E-state index is 13.6. The fraction of sp³-hybridized carbons (Fsp3) is 0.172. The Hall–Kier alpha value is -5.04. The smallest absolute Gasteiger partial charge is 0.346 e. The molecular formula is C29H23BrN4O8. The first-order chi connectivity index (χ1) is 20.2. The van der Waals surface area contributed by atoms with Crippen molar-refractivity contribution < 1.29 is 28.3 Å². The van der Waals surface area contributed by atoms with Crippen LogP contribution in [0.1, 0.15) is 19.4 Å². The predicted octanol–water partition coefficient (Wildman–Crippen LogP) is 5.70. The van der Waals surface area contributed by atoms with E-state index in [1.165, 1.54) is 32.4 Å². The van der Waals surface area contributed by atoms with Gasteiger partial charge in [0.15, 0.2) is 17.6 Å². The summed E-state index contributed by atoms with van der Waals surface area (Å²) in [6.07, 6.45) is 0.130. The number of nitrogens with zero attached hydrogens (tertiary/aromatic N) is 4. The topological polar surface area (TPSA) is 148 Å². The first kappa shape index (κ1) is 28.5. The molecule has 0 spiro atoms. The van der Waals surface area contributed by atoms with E-state index in [2.05, 4.69) is 30.8 Å². The van der Waals surface area contributed by atoms with E-state index in [1.54, 1.807) is 43.3 Å². The highest BCUT2D eigenvalue weighted by Gasteiger charge is 2.27. The van der Waals surface area contributed by atoms with Crippen LogP contribution in [-0.4, -0.2) is 46.6 Å². The Balaban J connectivity index is 1.66. The number of benzene rings is 3. The Kier molecular flexibility index (Phi) is 8.02. The van der Waals surface area contributed by atoms with Crippen molar-refractivity contribution in [3.8, 4) is 23.1 Å². The van der Waals surface area contributed by atoms with Crippen molar-refractivity contribution in [3.05, 3.63) is 91.2 Å². The van der Waals surface area contributed by atoms with Gasteiger partial charge in [0.2, 0.25) is 11.6 Å². The summed E-state index contributed by atoms with van der Waals surface area (Å²) < 4.78 is 23.8. The molecule has 0 N–H and O–H groups in total. The molecule has 5 rings (SSSR count). The predicted molar refractivity (Wildman–Crippen MR) is 158 cm³/mol. The molecule has 0 fully saturated rings. The zero-order valence-electron chi connectivity index (χ0n) is 22.6. The fourth-order valence-electron chi connectivity index (χ4n) is 4.23. The lowest BCUT2D eigenvalue weighted by Crippen LogP contribution is -2.25. The van der Waals surface area contributed by atoms with E-state index in [0.717, 1.165) is 14.5 Å². The summed E-state index contributed by atoms with van der Waals surface area (Å²) >= 11 is 3.44. The maximum absolute atomic E-state index is 13.6. The Morgan fingerprint density at radius 1 is 1.21 bits per heavy atom. The summed E-state index contributed by atoms with van der Waals surface area (Å²) in [5.41, 5.74) is 0.314. The molecule has 214 valence electrons. The number of ether oxygens (including phenoxy) is 3. The van der Waals surface area contributed by atoms with Crippen LogP contribution >= 0.6 is 15.9 Å². The average molecular weight is 635 g/mol. The van der Waals surface area contributed by atoms with Crippen LogP contribution < -0.4 is 15.0 Å². The molecular weight excluding hydrogens is 612 g/mol.